The van der Waals surface area contributed by atoms with Crippen LogP contribution in [0.15, 0.2) is 60.7 Å². The molecule has 6 nitrogen and oxygen atoms in total. The number of rotatable bonds is 8. The molecule has 6 heteroatoms. The Hall–Kier alpha value is -3.43. The molecule has 0 saturated carbocycles. The number of hydrogen-bond donors (Lipinski definition) is 2. The average molecular weight is 372 g/mol. The molecule has 0 aliphatic rings. The molecule has 142 valence electrons. The first kappa shape index (κ1) is 19.3. The minimum atomic E-state index is 0.567. The maximum atomic E-state index is 9.33. The lowest BCUT2D eigenvalue weighted by Gasteiger charge is -2.13. The Balaban J connectivity index is 1.88. The highest BCUT2D eigenvalue weighted by Gasteiger charge is 2.09. The molecule has 0 fully saturated rings. The van der Waals surface area contributed by atoms with Gasteiger partial charge in [-0.25, -0.2) is 4.98 Å². The standard InChI is InChI=1S/C22H24N6/c1-28(2)14-8-13-24-22-26-20(17-9-4-3-5-10-17)15-21(27-22)25-19-12-7-6-11-18(19)16-23/h3-7,9-12,15H,8,13-14H2,1-2H3,(H2,24,25,26,27). The van der Waals surface area contributed by atoms with Crippen molar-refractivity contribution in [3.63, 3.8) is 0 Å². The lowest BCUT2D eigenvalue weighted by atomic mass is 10.1. The molecule has 0 unspecified atom stereocenters. The fourth-order valence-corrected chi connectivity index (χ4v) is 2.77. The van der Waals surface area contributed by atoms with E-state index in [9.17, 15) is 5.26 Å². The van der Waals surface area contributed by atoms with Crippen molar-refractivity contribution in [3.05, 3.63) is 66.2 Å². The van der Waals surface area contributed by atoms with Crippen LogP contribution in [0, 0.1) is 11.3 Å². The average Bonchev–Trinajstić information content (AvgIpc) is 2.72. The molecule has 28 heavy (non-hydrogen) atoms. The molecule has 3 rings (SSSR count). The Morgan fingerprint density at radius 2 is 1.75 bits per heavy atom. The number of nitrogens with one attached hydrogen (secondary N) is 2. The van der Waals surface area contributed by atoms with Crippen molar-refractivity contribution in [2.45, 2.75) is 6.42 Å². The molecule has 0 radical (unpaired) electrons. The van der Waals surface area contributed by atoms with Crippen molar-refractivity contribution in [3.8, 4) is 17.3 Å². The third kappa shape index (κ3) is 5.29. The van der Waals surface area contributed by atoms with Gasteiger partial charge in [0, 0.05) is 18.2 Å². The van der Waals surface area contributed by atoms with Crippen LogP contribution in [0.25, 0.3) is 11.3 Å². The maximum Gasteiger partial charge on any atom is 0.225 e. The van der Waals surface area contributed by atoms with Gasteiger partial charge in [0.2, 0.25) is 5.95 Å². The van der Waals surface area contributed by atoms with E-state index in [0.29, 0.717) is 17.3 Å². The van der Waals surface area contributed by atoms with Crippen molar-refractivity contribution >= 4 is 17.5 Å². The van der Waals surface area contributed by atoms with Crippen molar-refractivity contribution in [2.75, 3.05) is 37.8 Å². The summed E-state index contributed by atoms with van der Waals surface area (Å²) in [7, 11) is 4.11. The number of nitrogens with zero attached hydrogens (tertiary/aromatic N) is 4. The van der Waals surface area contributed by atoms with Crippen LogP contribution in [0.2, 0.25) is 0 Å². The third-order valence-electron chi connectivity index (χ3n) is 4.17. The van der Waals surface area contributed by atoms with Gasteiger partial charge >= 0.3 is 0 Å². The molecule has 0 atom stereocenters. The van der Waals surface area contributed by atoms with E-state index in [1.54, 1.807) is 6.07 Å². The molecule has 2 N–H and O–H groups in total. The van der Waals surface area contributed by atoms with Gasteiger partial charge < -0.3 is 15.5 Å². The van der Waals surface area contributed by atoms with Gasteiger partial charge in [-0.2, -0.15) is 10.2 Å². The quantitative estimate of drug-likeness (QED) is 0.579. The fraction of sp³-hybridized carbons (Fsp3) is 0.227. The molecular formula is C22H24N6. The minimum Gasteiger partial charge on any atom is -0.354 e. The van der Waals surface area contributed by atoms with Crippen LogP contribution in [-0.2, 0) is 0 Å². The third-order valence-corrected chi connectivity index (χ3v) is 4.17. The van der Waals surface area contributed by atoms with Gasteiger partial charge in [0.1, 0.15) is 11.9 Å². The second kappa shape index (κ2) is 9.49. The summed E-state index contributed by atoms with van der Waals surface area (Å²) in [5.41, 5.74) is 3.13. The van der Waals surface area contributed by atoms with Crippen LogP contribution in [0.4, 0.5) is 17.5 Å². The Morgan fingerprint density at radius 1 is 1.00 bits per heavy atom. The first-order valence-corrected chi connectivity index (χ1v) is 9.25. The first-order valence-electron chi connectivity index (χ1n) is 9.25. The van der Waals surface area contributed by atoms with E-state index in [0.717, 1.165) is 36.5 Å². The molecule has 0 aliphatic carbocycles. The van der Waals surface area contributed by atoms with E-state index in [1.807, 2.05) is 54.6 Å². The van der Waals surface area contributed by atoms with Gasteiger partial charge in [-0.05, 0) is 39.2 Å². The summed E-state index contributed by atoms with van der Waals surface area (Å²) in [4.78, 5) is 11.4. The smallest absolute Gasteiger partial charge is 0.225 e. The summed E-state index contributed by atoms with van der Waals surface area (Å²) < 4.78 is 0. The van der Waals surface area contributed by atoms with Crippen molar-refractivity contribution in [1.29, 1.82) is 5.26 Å². The monoisotopic (exact) mass is 372 g/mol. The van der Waals surface area contributed by atoms with Crippen LogP contribution in [0.3, 0.4) is 0 Å². The molecule has 0 aliphatic heterocycles. The zero-order valence-corrected chi connectivity index (χ0v) is 16.2. The first-order chi connectivity index (χ1) is 13.7. The summed E-state index contributed by atoms with van der Waals surface area (Å²) in [5, 5.41) is 15.9. The van der Waals surface area contributed by atoms with Gasteiger partial charge in [-0.15, -0.1) is 0 Å². The number of anilines is 3. The van der Waals surface area contributed by atoms with E-state index in [1.165, 1.54) is 0 Å². The highest BCUT2D eigenvalue weighted by atomic mass is 15.1. The number of hydrogen-bond acceptors (Lipinski definition) is 6. The van der Waals surface area contributed by atoms with Crippen molar-refractivity contribution in [1.82, 2.24) is 14.9 Å². The topological polar surface area (TPSA) is 76.9 Å². The number of aromatic nitrogens is 2. The Kier molecular flexibility index (Phi) is 6.55. The molecule has 1 heterocycles. The van der Waals surface area contributed by atoms with Crippen molar-refractivity contribution < 1.29 is 0 Å². The highest BCUT2D eigenvalue weighted by Crippen LogP contribution is 2.25. The Morgan fingerprint density at radius 3 is 2.50 bits per heavy atom. The van der Waals surface area contributed by atoms with Crippen molar-refractivity contribution in [2.24, 2.45) is 0 Å². The molecule has 0 bridgehead atoms. The molecule has 0 amide bonds. The van der Waals surface area contributed by atoms with Crippen LogP contribution >= 0.6 is 0 Å². The van der Waals surface area contributed by atoms with E-state index in [-0.39, 0.29) is 0 Å². The number of para-hydroxylation sites is 1. The Labute approximate surface area is 165 Å². The molecule has 1 aromatic heterocycles. The fourth-order valence-electron chi connectivity index (χ4n) is 2.77. The predicted octanol–water partition coefficient (Wildman–Crippen LogP) is 4.12. The molecule has 3 aromatic rings. The minimum absolute atomic E-state index is 0.567. The SMILES string of the molecule is CN(C)CCCNc1nc(Nc2ccccc2C#N)cc(-c2ccccc2)n1. The van der Waals surface area contributed by atoms with Crippen LogP contribution in [0.1, 0.15) is 12.0 Å². The van der Waals surface area contributed by atoms with Crippen LogP contribution < -0.4 is 10.6 Å². The zero-order valence-electron chi connectivity index (χ0n) is 16.2. The largest absolute Gasteiger partial charge is 0.354 e. The molecular weight excluding hydrogens is 348 g/mol. The van der Waals surface area contributed by atoms with E-state index in [2.05, 4.69) is 45.7 Å². The van der Waals surface area contributed by atoms with Gasteiger partial charge in [0.15, 0.2) is 0 Å². The molecule has 0 spiro atoms. The van der Waals surface area contributed by atoms with Gasteiger partial charge in [0.05, 0.1) is 16.9 Å². The maximum absolute atomic E-state index is 9.33. The molecule has 2 aromatic carbocycles. The lowest BCUT2D eigenvalue weighted by molar-refractivity contribution is 0.405. The summed E-state index contributed by atoms with van der Waals surface area (Å²) in [6.45, 7) is 1.77. The lowest BCUT2D eigenvalue weighted by Crippen LogP contribution is -2.17. The van der Waals surface area contributed by atoms with Gasteiger partial charge in [-0.3, -0.25) is 0 Å². The Bertz CT molecular complexity index is 947. The summed E-state index contributed by atoms with van der Waals surface area (Å²) in [6.07, 6.45) is 0.992. The van der Waals surface area contributed by atoms with E-state index in [4.69, 9.17) is 0 Å². The predicted molar refractivity (Wildman–Crippen MR) is 114 cm³/mol. The zero-order chi connectivity index (χ0) is 19.8. The summed E-state index contributed by atoms with van der Waals surface area (Å²) >= 11 is 0. The number of benzene rings is 2. The second-order valence-electron chi connectivity index (χ2n) is 6.69. The normalized spacial score (nSPS) is 10.5. The van der Waals surface area contributed by atoms with Crippen LogP contribution in [0.5, 0.6) is 0 Å². The molecule has 0 saturated heterocycles. The summed E-state index contributed by atoms with van der Waals surface area (Å²) in [5.74, 6) is 1.21. The number of nitriles is 1. The summed E-state index contributed by atoms with van der Waals surface area (Å²) in [6, 6.07) is 21.5. The van der Waals surface area contributed by atoms with E-state index >= 15 is 0 Å². The van der Waals surface area contributed by atoms with E-state index < -0.39 is 0 Å². The van der Waals surface area contributed by atoms with Crippen LogP contribution in [-0.4, -0.2) is 42.1 Å². The van der Waals surface area contributed by atoms with Gasteiger partial charge in [-0.1, -0.05) is 42.5 Å². The second-order valence-corrected chi connectivity index (χ2v) is 6.69. The van der Waals surface area contributed by atoms with Gasteiger partial charge in [0.25, 0.3) is 0 Å². The highest BCUT2D eigenvalue weighted by molar-refractivity contribution is 5.69.